The third kappa shape index (κ3) is 4.65. The smallest absolute Gasteiger partial charge is 0.293 e. The molecule has 3 rings (SSSR count). The highest BCUT2D eigenvalue weighted by Crippen LogP contribution is 2.36. The number of nitrogens with zero attached hydrogens (tertiary/aromatic N) is 2. The first-order valence-electron chi connectivity index (χ1n) is 9.14. The number of hydrogen-bond donors (Lipinski definition) is 0. The number of benzene rings is 2. The summed E-state index contributed by atoms with van der Waals surface area (Å²) in [6, 6.07) is 13.4. The predicted molar refractivity (Wildman–Crippen MR) is 111 cm³/mol. The van der Waals surface area contributed by atoms with Crippen molar-refractivity contribution >= 4 is 34.7 Å². The van der Waals surface area contributed by atoms with Gasteiger partial charge in [-0.05, 0) is 37.2 Å². The summed E-state index contributed by atoms with van der Waals surface area (Å²) < 4.78 is 5.89. The van der Waals surface area contributed by atoms with Crippen LogP contribution in [0.3, 0.4) is 0 Å². The monoisotopic (exact) mass is 412 g/mol. The first-order chi connectivity index (χ1) is 13.9. The van der Waals surface area contributed by atoms with E-state index >= 15 is 0 Å². The minimum atomic E-state index is -0.521. The third-order valence-corrected chi connectivity index (χ3v) is 5.41. The Hall–Kier alpha value is -3.13. The van der Waals surface area contributed by atoms with E-state index in [4.69, 9.17) is 4.74 Å². The molecule has 2 amide bonds. The van der Waals surface area contributed by atoms with Crippen LogP contribution < -0.4 is 4.74 Å². The second-order valence-electron chi connectivity index (χ2n) is 6.53. The van der Waals surface area contributed by atoms with E-state index in [1.54, 1.807) is 24.3 Å². The van der Waals surface area contributed by atoms with Crippen molar-refractivity contribution in [3.63, 3.8) is 0 Å². The van der Waals surface area contributed by atoms with Gasteiger partial charge in [0.2, 0.25) is 0 Å². The van der Waals surface area contributed by atoms with Gasteiger partial charge in [-0.3, -0.25) is 24.6 Å². The van der Waals surface area contributed by atoms with E-state index in [0.29, 0.717) is 16.9 Å². The Morgan fingerprint density at radius 2 is 1.86 bits per heavy atom. The fourth-order valence-electron chi connectivity index (χ4n) is 2.78. The number of rotatable bonds is 7. The molecular weight excluding hydrogens is 392 g/mol. The third-order valence-electron chi connectivity index (χ3n) is 4.50. The molecule has 0 spiro atoms. The van der Waals surface area contributed by atoms with Crippen LogP contribution in [0.5, 0.6) is 5.75 Å². The van der Waals surface area contributed by atoms with Gasteiger partial charge in [-0.1, -0.05) is 43.3 Å². The normalized spacial score (nSPS) is 16.3. The Morgan fingerprint density at radius 1 is 1.17 bits per heavy atom. The van der Waals surface area contributed by atoms with Gasteiger partial charge in [0.15, 0.2) is 0 Å². The lowest BCUT2D eigenvalue weighted by Crippen LogP contribution is -2.27. The molecule has 0 bridgehead atoms. The number of carbonyl (C=O) groups is 2. The van der Waals surface area contributed by atoms with Gasteiger partial charge < -0.3 is 4.74 Å². The zero-order valence-electron chi connectivity index (χ0n) is 16.0. The van der Waals surface area contributed by atoms with Crippen LogP contribution in [0, 0.1) is 10.1 Å². The zero-order valence-corrected chi connectivity index (χ0v) is 16.8. The molecule has 1 fully saturated rings. The largest absolute Gasteiger partial charge is 0.490 e. The summed E-state index contributed by atoms with van der Waals surface area (Å²) in [5, 5.41) is 10.7. The Morgan fingerprint density at radius 3 is 2.59 bits per heavy atom. The summed E-state index contributed by atoms with van der Waals surface area (Å²) in [6.45, 7) is 3.82. The van der Waals surface area contributed by atoms with E-state index in [2.05, 4.69) is 0 Å². The number of amides is 2. The fourth-order valence-corrected chi connectivity index (χ4v) is 3.61. The maximum atomic E-state index is 12.8. The van der Waals surface area contributed by atoms with Crippen LogP contribution in [-0.2, 0) is 11.3 Å². The molecule has 2 aromatic rings. The van der Waals surface area contributed by atoms with E-state index < -0.39 is 16.1 Å². The number of nitro groups is 1. The van der Waals surface area contributed by atoms with Crippen LogP contribution in [0.25, 0.3) is 6.08 Å². The summed E-state index contributed by atoms with van der Waals surface area (Å²) in [7, 11) is 0. The number of ether oxygens (including phenoxy) is 1. The standard InChI is InChI=1S/C21H20N2O5S/c1-3-14(2)28-18-11-7-5-8-15(18)12-19-20(24)22(21(25)29-19)13-16-9-4-6-10-17(16)23(26)27/h4-12,14H,3,13H2,1-2H3/b19-12-. The van der Waals surface area contributed by atoms with Gasteiger partial charge in [0, 0.05) is 17.2 Å². The first-order valence-corrected chi connectivity index (χ1v) is 9.95. The molecule has 2 aromatic carbocycles. The minimum Gasteiger partial charge on any atom is -0.490 e. The molecule has 7 nitrogen and oxygen atoms in total. The van der Waals surface area contributed by atoms with E-state index in [-0.39, 0.29) is 23.2 Å². The minimum absolute atomic E-state index is 0.0123. The molecule has 1 aliphatic rings. The van der Waals surface area contributed by atoms with Crippen molar-refractivity contribution in [1.82, 2.24) is 4.90 Å². The molecular formula is C21H20N2O5S. The number of hydrogen-bond acceptors (Lipinski definition) is 6. The number of imide groups is 1. The second-order valence-corrected chi connectivity index (χ2v) is 7.52. The number of carbonyl (C=O) groups excluding carboxylic acids is 2. The summed E-state index contributed by atoms with van der Waals surface area (Å²) in [6.07, 6.45) is 2.47. The van der Waals surface area contributed by atoms with Crippen LogP contribution in [0.15, 0.2) is 53.4 Å². The van der Waals surface area contributed by atoms with Crippen LogP contribution in [0.2, 0.25) is 0 Å². The molecule has 1 heterocycles. The van der Waals surface area contributed by atoms with Gasteiger partial charge in [0.05, 0.1) is 22.5 Å². The lowest BCUT2D eigenvalue weighted by molar-refractivity contribution is -0.385. The molecule has 0 N–H and O–H groups in total. The predicted octanol–water partition coefficient (Wildman–Crippen LogP) is 5.01. The van der Waals surface area contributed by atoms with Crippen LogP contribution >= 0.6 is 11.8 Å². The molecule has 150 valence electrons. The maximum Gasteiger partial charge on any atom is 0.293 e. The molecule has 0 saturated carbocycles. The van der Waals surface area contributed by atoms with Crippen molar-refractivity contribution in [2.24, 2.45) is 0 Å². The SMILES string of the molecule is CCC(C)Oc1ccccc1/C=C1\SC(=O)N(Cc2ccccc2[N+](=O)[O-])C1=O. The quantitative estimate of drug-likeness (QED) is 0.361. The molecule has 1 saturated heterocycles. The van der Waals surface area contributed by atoms with Gasteiger partial charge in [0.1, 0.15) is 5.75 Å². The molecule has 0 aromatic heterocycles. The van der Waals surface area contributed by atoms with Crippen molar-refractivity contribution in [3.8, 4) is 5.75 Å². The molecule has 1 unspecified atom stereocenters. The Kier molecular flexibility index (Phi) is 6.33. The molecule has 8 heteroatoms. The average molecular weight is 412 g/mol. The Bertz CT molecular complexity index is 989. The average Bonchev–Trinajstić information content (AvgIpc) is 2.97. The van der Waals surface area contributed by atoms with Crippen molar-refractivity contribution in [1.29, 1.82) is 0 Å². The maximum absolute atomic E-state index is 12.8. The summed E-state index contributed by atoms with van der Waals surface area (Å²) in [5.74, 6) is 0.156. The van der Waals surface area contributed by atoms with Crippen LogP contribution in [0.4, 0.5) is 10.5 Å². The Balaban J connectivity index is 1.86. The van der Waals surface area contributed by atoms with Crippen molar-refractivity contribution in [3.05, 3.63) is 74.7 Å². The zero-order chi connectivity index (χ0) is 21.0. The molecule has 0 aliphatic carbocycles. The van der Waals surface area contributed by atoms with Gasteiger partial charge in [-0.15, -0.1) is 0 Å². The number of thioether (sulfide) groups is 1. The van der Waals surface area contributed by atoms with E-state index in [1.165, 1.54) is 6.07 Å². The van der Waals surface area contributed by atoms with Crippen molar-refractivity contribution in [2.45, 2.75) is 32.9 Å². The van der Waals surface area contributed by atoms with Gasteiger partial charge in [0.25, 0.3) is 16.8 Å². The van der Waals surface area contributed by atoms with E-state index in [1.807, 2.05) is 38.1 Å². The lowest BCUT2D eigenvalue weighted by atomic mass is 10.1. The Labute approximate surface area is 172 Å². The highest BCUT2D eigenvalue weighted by Gasteiger charge is 2.36. The number of nitro benzene ring substituents is 1. The molecule has 1 atom stereocenters. The number of para-hydroxylation sites is 2. The summed E-state index contributed by atoms with van der Waals surface area (Å²) in [5.41, 5.74) is 0.883. The highest BCUT2D eigenvalue weighted by atomic mass is 32.2. The lowest BCUT2D eigenvalue weighted by Gasteiger charge is -2.15. The molecule has 0 radical (unpaired) electrons. The summed E-state index contributed by atoms with van der Waals surface area (Å²) >= 11 is 0.817. The topological polar surface area (TPSA) is 89.8 Å². The van der Waals surface area contributed by atoms with Crippen LogP contribution in [-0.4, -0.2) is 27.1 Å². The first kappa shape index (κ1) is 20.6. The van der Waals surface area contributed by atoms with E-state index in [0.717, 1.165) is 23.1 Å². The van der Waals surface area contributed by atoms with Gasteiger partial charge in [-0.25, -0.2) is 0 Å². The summed E-state index contributed by atoms with van der Waals surface area (Å²) in [4.78, 5) is 37.2. The van der Waals surface area contributed by atoms with Crippen molar-refractivity contribution < 1.29 is 19.2 Å². The van der Waals surface area contributed by atoms with E-state index in [9.17, 15) is 19.7 Å². The molecule has 29 heavy (non-hydrogen) atoms. The highest BCUT2D eigenvalue weighted by molar-refractivity contribution is 8.18. The fraction of sp³-hybridized carbons (Fsp3) is 0.238. The van der Waals surface area contributed by atoms with Gasteiger partial charge >= 0.3 is 0 Å². The van der Waals surface area contributed by atoms with Gasteiger partial charge in [-0.2, -0.15) is 0 Å². The van der Waals surface area contributed by atoms with Crippen molar-refractivity contribution in [2.75, 3.05) is 0 Å². The second kappa shape index (κ2) is 8.91. The molecule has 1 aliphatic heterocycles. The van der Waals surface area contributed by atoms with Crippen LogP contribution in [0.1, 0.15) is 31.4 Å².